The third kappa shape index (κ3) is 23.7. The largest absolute Gasteiger partial charge is 0.494 e. The Morgan fingerprint density at radius 2 is 1.43 bits per heavy atom. The molecule has 12 nitrogen and oxygen atoms in total. The van der Waals surface area contributed by atoms with Gasteiger partial charge < -0.3 is 33.3 Å². The van der Waals surface area contributed by atoms with Gasteiger partial charge in [-0.15, -0.1) is 20.6 Å². The van der Waals surface area contributed by atoms with Crippen molar-refractivity contribution in [3.63, 3.8) is 0 Å². The van der Waals surface area contributed by atoms with Gasteiger partial charge in [-0.3, -0.25) is 4.79 Å². The lowest BCUT2D eigenvalue weighted by Crippen LogP contribution is -2.47. The predicted octanol–water partition coefficient (Wildman–Crippen LogP) is 15.4. The average molecular weight is 1240 g/mol. The third-order valence-electron chi connectivity index (χ3n) is 11.0. The molecule has 0 radical (unpaired) electrons. The standard InChI is InChI=1S/C52H54F2IN2O9PS.C4H6O.3C2H6/c1-35(49-29-37-10-5-6-11-48(37)68-49)57-56-31-39-26-41(65-51(58)38-27-46(54)50(47(67)28-38)63-23-8-4-3-7-22-60-32-52(55)33-61-34-52)16-18-43(39)44-19-17-42(30-45(44)53)66-64-25-20-36-12-14-40(15-13-36)62-24-9-21-59-2;1-4(2)3-5;3*1-2/h5-6,10-19,26-31H,3-4,7-9,20-25,32-34,67H2,1-2H3;3H,1H2,2H3;3*1-2H3/b56-31+,57-35+;;;;. The highest BCUT2D eigenvalue weighted by Crippen LogP contribution is 2.33. The van der Waals surface area contributed by atoms with Crippen LogP contribution in [0.15, 0.2) is 125 Å². The fourth-order valence-corrected chi connectivity index (χ4v) is 9.14. The number of esters is 1. The number of rotatable bonds is 27. The first-order valence-electron chi connectivity index (χ1n) is 26.7. The van der Waals surface area contributed by atoms with E-state index in [0.29, 0.717) is 67.2 Å². The fourth-order valence-electron chi connectivity index (χ4n) is 7.07. The molecule has 1 unspecified atom stereocenters. The number of benzene rings is 5. The van der Waals surface area contributed by atoms with Crippen LogP contribution < -0.4 is 24.4 Å². The van der Waals surface area contributed by atoms with E-state index in [0.717, 1.165) is 83.9 Å². The summed E-state index contributed by atoms with van der Waals surface area (Å²) in [5.41, 5.74) is 3.36. The van der Waals surface area contributed by atoms with Crippen molar-refractivity contribution in [1.29, 1.82) is 0 Å². The molecule has 0 saturated carbocycles. The van der Waals surface area contributed by atoms with Crippen molar-refractivity contribution in [2.75, 3.05) is 60.0 Å². The summed E-state index contributed by atoms with van der Waals surface area (Å²) in [6, 6.07) is 29.5. The predicted molar refractivity (Wildman–Crippen MR) is 330 cm³/mol. The van der Waals surface area contributed by atoms with E-state index in [9.17, 15) is 9.59 Å². The van der Waals surface area contributed by atoms with Gasteiger partial charge in [-0.1, -0.05) is 107 Å². The van der Waals surface area contributed by atoms with E-state index in [4.69, 9.17) is 38.2 Å². The molecule has 1 fully saturated rings. The molecule has 7 rings (SSSR count). The minimum atomic E-state index is -0.790. The zero-order valence-corrected chi connectivity index (χ0v) is 51.3. The monoisotopic (exact) mass is 1240 g/mol. The fraction of sp³-hybridized carbons (Fsp3) is 0.387. The van der Waals surface area contributed by atoms with Gasteiger partial charge in [0.25, 0.3) is 0 Å². The number of unbranched alkanes of at least 4 members (excludes halogenated alkanes) is 3. The highest BCUT2D eigenvalue weighted by Gasteiger charge is 2.35. The second-order valence-electron chi connectivity index (χ2n) is 17.2. The number of fused-ring (bicyclic) bond motifs is 1. The lowest BCUT2D eigenvalue weighted by molar-refractivity contribution is -0.205. The van der Waals surface area contributed by atoms with Crippen LogP contribution in [-0.4, -0.2) is 87.6 Å². The van der Waals surface area contributed by atoms with E-state index in [1.807, 2.05) is 97.0 Å². The molecule has 79 heavy (non-hydrogen) atoms. The molecule has 0 spiro atoms. The SMILES string of the molecule is C=C(C)C=O.CC.CC.CC.COCCCOc1ccc(CCOOc2ccc(-c3ccc(OC(=O)c4cc(F)c(OCCCCCCOCC5(I)COC5)c(P)c4)cc3/C=N/N=C(\C)c3cc4ccccc4s3)c(F)c2)cc1. The van der Waals surface area contributed by atoms with Crippen molar-refractivity contribution in [2.24, 2.45) is 10.2 Å². The Kier molecular flexibility index (Phi) is 32.8. The Balaban J connectivity index is 0.00000138. The molecule has 2 heterocycles. The molecule has 1 saturated heterocycles. The van der Waals surface area contributed by atoms with E-state index < -0.39 is 17.6 Å². The third-order valence-corrected chi connectivity index (χ3v) is 13.6. The molecule has 5 aromatic carbocycles. The van der Waals surface area contributed by atoms with E-state index in [2.05, 4.69) is 54.7 Å². The van der Waals surface area contributed by atoms with Crippen molar-refractivity contribution in [2.45, 2.75) is 97.3 Å². The number of alkyl halides is 1. The topological polar surface area (TPSA) is 133 Å². The molecular weight excluding hydrogens is 1160 g/mol. The quantitative estimate of drug-likeness (QED) is 0.00419. The maximum atomic E-state index is 15.9. The van der Waals surface area contributed by atoms with E-state index in [-0.39, 0.29) is 38.4 Å². The Bertz CT molecular complexity index is 2780. The second kappa shape index (κ2) is 38.2. The molecule has 1 aromatic heterocycles. The van der Waals surface area contributed by atoms with Gasteiger partial charge in [0, 0.05) is 53.9 Å². The smallest absolute Gasteiger partial charge is 0.343 e. The van der Waals surface area contributed by atoms with Gasteiger partial charge in [0.05, 0.1) is 65.4 Å². The van der Waals surface area contributed by atoms with E-state index in [1.54, 1.807) is 49.6 Å². The molecule has 428 valence electrons. The van der Waals surface area contributed by atoms with Gasteiger partial charge in [0.2, 0.25) is 0 Å². The van der Waals surface area contributed by atoms with Crippen LogP contribution in [0.4, 0.5) is 8.78 Å². The molecule has 0 amide bonds. The van der Waals surface area contributed by atoms with Crippen LogP contribution in [0.5, 0.6) is 23.0 Å². The Morgan fingerprint density at radius 3 is 2.08 bits per heavy atom. The minimum Gasteiger partial charge on any atom is -0.494 e. The second-order valence-corrected chi connectivity index (χ2v) is 21.1. The van der Waals surface area contributed by atoms with Gasteiger partial charge in [-0.05, 0) is 128 Å². The highest BCUT2D eigenvalue weighted by molar-refractivity contribution is 14.1. The molecular formula is C62H78F2IN2O10PS. The molecule has 1 atom stereocenters. The molecule has 1 aliphatic heterocycles. The maximum Gasteiger partial charge on any atom is 0.343 e. The summed E-state index contributed by atoms with van der Waals surface area (Å²) in [7, 11) is 4.09. The molecule has 17 heteroatoms. The van der Waals surface area contributed by atoms with Gasteiger partial charge >= 0.3 is 5.97 Å². The number of hydrogen-bond donors (Lipinski definition) is 0. The van der Waals surface area contributed by atoms with Crippen molar-refractivity contribution >= 4 is 82.7 Å². The van der Waals surface area contributed by atoms with E-state index in [1.165, 1.54) is 24.4 Å². The molecule has 0 bridgehead atoms. The summed E-state index contributed by atoms with van der Waals surface area (Å²) in [4.78, 5) is 34.7. The Morgan fingerprint density at radius 1 is 0.772 bits per heavy atom. The summed E-state index contributed by atoms with van der Waals surface area (Å²) in [5.74, 6) is -0.917. The minimum absolute atomic E-state index is 0.00905. The molecule has 0 N–H and O–H groups in total. The molecule has 0 aliphatic carbocycles. The zero-order chi connectivity index (χ0) is 58.0. The number of hydrogen-bond acceptors (Lipinski definition) is 13. The van der Waals surface area contributed by atoms with Crippen LogP contribution in [0.3, 0.4) is 0 Å². The number of carbonyl (C=O) groups is 2. The average Bonchev–Trinajstić information content (AvgIpc) is 3.90. The maximum absolute atomic E-state index is 15.9. The van der Waals surface area contributed by atoms with E-state index >= 15 is 8.78 Å². The number of methoxy groups -OCH3 is 1. The van der Waals surface area contributed by atoms with Gasteiger partial charge in [-0.25, -0.2) is 13.6 Å². The first kappa shape index (κ1) is 67.8. The first-order valence-corrected chi connectivity index (χ1v) is 29.2. The normalized spacial score (nSPS) is 12.2. The highest BCUT2D eigenvalue weighted by atomic mass is 127. The Hall–Kier alpha value is -5.46. The van der Waals surface area contributed by atoms with Crippen LogP contribution in [0.2, 0.25) is 0 Å². The van der Waals surface area contributed by atoms with Gasteiger partial charge in [-0.2, -0.15) is 15.1 Å². The number of ether oxygens (including phenoxy) is 6. The van der Waals surface area contributed by atoms with Crippen LogP contribution >= 0.6 is 43.2 Å². The number of thiophene rings is 1. The van der Waals surface area contributed by atoms with Crippen LogP contribution in [0, 0.1) is 11.6 Å². The van der Waals surface area contributed by atoms with Crippen molar-refractivity contribution in [1.82, 2.24) is 0 Å². The van der Waals surface area contributed by atoms with Crippen molar-refractivity contribution in [3.8, 4) is 34.1 Å². The van der Waals surface area contributed by atoms with Crippen molar-refractivity contribution < 1.29 is 56.6 Å². The lowest BCUT2D eigenvalue weighted by Gasteiger charge is -2.35. The van der Waals surface area contributed by atoms with Crippen LogP contribution in [0.1, 0.15) is 114 Å². The number of aldehydes is 1. The summed E-state index contributed by atoms with van der Waals surface area (Å²) in [6.07, 6.45) is 7.14. The summed E-state index contributed by atoms with van der Waals surface area (Å²) < 4.78 is 65.9. The zero-order valence-electron chi connectivity index (χ0n) is 47.2. The summed E-state index contributed by atoms with van der Waals surface area (Å²) in [6.45, 7) is 23.5. The van der Waals surface area contributed by atoms with Crippen LogP contribution in [0.25, 0.3) is 21.2 Å². The number of halogens is 3. The first-order chi connectivity index (χ1) is 38.3. The lowest BCUT2D eigenvalue weighted by atomic mass is 9.99. The van der Waals surface area contributed by atoms with Crippen LogP contribution in [-0.2, 0) is 30.3 Å². The Labute approximate surface area is 486 Å². The van der Waals surface area contributed by atoms with Gasteiger partial charge in [0.15, 0.2) is 17.3 Å². The summed E-state index contributed by atoms with van der Waals surface area (Å²) in [5, 5.41) is 10.3. The van der Waals surface area contributed by atoms with Gasteiger partial charge in [0.1, 0.15) is 23.6 Å². The number of nitrogens with zero attached hydrogens (tertiary/aromatic N) is 2. The molecule has 6 aromatic rings. The van der Waals surface area contributed by atoms with Crippen molar-refractivity contribution in [3.05, 3.63) is 148 Å². The molecule has 1 aliphatic rings. The number of allylic oxidation sites excluding steroid dienone is 1. The number of carbonyl (C=O) groups excluding carboxylic acids is 2. The summed E-state index contributed by atoms with van der Waals surface area (Å²) >= 11 is 4.00.